The smallest absolute Gasteiger partial charge is 0.160 e. The van der Waals surface area contributed by atoms with Gasteiger partial charge in [-0.15, -0.1) is 0 Å². The van der Waals surface area contributed by atoms with Gasteiger partial charge in [0, 0.05) is 25.5 Å². The molecule has 1 saturated heterocycles. The van der Waals surface area contributed by atoms with Crippen LogP contribution in [0.4, 0.5) is 0 Å². The summed E-state index contributed by atoms with van der Waals surface area (Å²) in [5, 5.41) is 14.8. The molecule has 1 aliphatic rings. The Bertz CT molecular complexity index is 388. The first kappa shape index (κ1) is 12.8. The highest BCUT2D eigenvalue weighted by molar-refractivity contribution is 6.30. The van der Waals surface area contributed by atoms with Gasteiger partial charge in [0.1, 0.15) is 5.15 Å². The molecular formula is C11H17ClN2O3. The van der Waals surface area contributed by atoms with Crippen molar-refractivity contribution in [1.82, 2.24) is 9.78 Å². The van der Waals surface area contributed by atoms with Gasteiger partial charge < -0.3 is 14.6 Å². The predicted octanol–water partition coefficient (Wildman–Crippen LogP) is 1.05. The molecule has 17 heavy (non-hydrogen) atoms. The van der Waals surface area contributed by atoms with Gasteiger partial charge in [-0.2, -0.15) is 5.10 Å². The van der Waals surface area contributed by atoms with Crippen LogP contribution in [0.1, 0.15) is 17.7 Å². The third-order valence-electron chi connectivity index (χ3n) is 2.86. The van der Waals surface area contributed by atoms with Gasteiger partial charge in [0.05, 0.1) is 25.0 Å². The number of hydrogen-bond donors (Lipinski definition) is 1. The number of ether oxygens (including phenoxy) is 2. The van der Waals surface area contributed by atoms with Crippen molar-refractivity contribution in [2.75, 3.05) is 13.2 Å². The minimum Gasteiger partial charge on any atom is -0.393 e. The van der Waals surface area contributed by atoms with Crippen LogP contribution < -0.4 is 0 Å². The molecule has 1 fully saturated rings. The largest absolute Gasteiger partial charge is 0.393 e. The second-order valence-corrected chi connectivity index (χ2v) is 4.60. The Morgan fingerprint density at radius 2 is 2.18 bits per heavy atom. The Kier molecular flexibility index (Phi) is 4.04. The standard InChI is InChI=1S/C11H17ClN2O3/c1-7-9(11(12)14(2)13-7)5-8(15)6-10-16-3-4-17-10/h8,10,15H,3-6H2,1-2H3. The van der Waals surface area contributed by atoms with Crippen molar-refractivity contribution in [2.24, 2.45) is 7.05 Å². The highest BCUT2D eigenvalue weighted by Crippen LogP contribution is 2.22. The van der Waals surface area contributed by atoms with E-state index in [-0.39, 0.29) is 6.29 Å². The first-order chi connectivity index (χ1) is 8.08. The van der Waals surface area contributed by atoms with Gasteiger partial charge in [0.15, 0.2) is 6.29 Å². The van der Waals surface area contributed by atoms with E-state index in [0.717, 1.165) is 11.3 Å². The molecule has 0 radical (unpaired) electrons. The summed E-state index contributed by atoms with van der Waals surface area (Å²) in [5.74, 6) is 0. The van der Waals surface area contributed by atoms with Crippen LogP contribution in [0.25, 0.3) is 0 Å². The SMILES string of the molecule is Cc1nn(C)c(Cl)c1CC(O)CC1OCCO1. The summed E-state index contributed by atoms with van der Waals surface area (Å²) >= 11 is 6.10. The molecule has 5 nitrogen and oxygen atoms in total. The van der Waals surface area contributed by atoms with Crippen molar-refractivity contribution in [3.05, 3.63) is 16.4 Å². The Hall–Kier alpha value is -0.620. The van der Waals surface area contributed by atoms with E-state index in [2.05, 4.69) is 5.10 Å². The quantitative estimate of drug-likeness (QED) is 0.879. The fourth-order valence-corrected chi connectivity index (χ4v) is 2.24. The summed E-state index contributed by atoms with van der Waals surface area (Å²) in [4.78, 5) is 0. The number of hydrogen-bond acceptors (Lipinski definition) is 4. The molecule has 2 rings (SSSR count). The van der Waals surface area contributed by atoms with Crippen LogP contribution in [0.5, 0.6) is 0 Å². The first-order valence-electron chi connectivity index (χ1n) is 5.67. The molecule has 2 heterocycles. The molecule has 0 saturated carbocycles. The normalized spacial score (nSPS) is 18.8. The van der Waals surface area contributed by atoms with E-state index in [1.807, 2.05) is 6.92 Å². The van der Waals surface area contributed by atoms with Gasteiger partial charge in [0.25, 0.3) is 0 Å². The molecule has 96 valence electrons. The van der Waals surface area contributed by atoms with E-state index in [1.165, 1.54) is 0 Å². The zero-order chi connectivity index (χ0) is 12.4. The number of aromatic nitrogens is 2. The summed E-state index contributed by atoms with van der Waals surface area (Å²) in [6.45, 7) is 3.09. The van der Waals surface area contributed by atoms with Crippen LogP contribution in [0.2, 0.25) is 5.15 Å². The molecule has 0 aromatic carbocycles. The van der Waals surface area contributed by atoms with Gasteiger partial charge >= 0.3 is 0 Å². The fraction of sp³-hybridized carbons (Fsp3) is 0.727. The van der Waals surface area contributed by atoms with E-state index >= 15 is 0 Å². The van der Waals surface area contributed by atoms with Crippen molar-refractivity contribution >= 4 is 11.6 Å². The third-order valence-corrected chi connectivity index (χ3v) is 3.34. The maximum Gasteiger partial charge on any atom is 0.160 e. The zero-order valence-corrected chi connectivity index (χ0v) is 10.8. The Morgan fingerprint density at radius 3 is 2.71 bits per heavy atom. The van der Waals surface area contributed by atoms with E-state index < -0.39 is 6.10 Å². The number of aliphatic hydroxyl groups is 1. The van der Waals surface area contributed by atoms with E-state index in [4.69, 9.17) is 21.1 Å². The Labute approximate surface area is 105 Å². The molecule has 0 aliphatic carbocycles. The van der Waals surface area contributed by atoms with Crippen LogP contribution in [-0.4, -0.2) is 40.5 Å². The molecule has 1 aromatic rings. The molecule has 0 bridgehead atoms. The average molecular weight is 261 g/mol. The van der Waals surface area contributed by atoms with Gasteiger partial charge in [0.2, 0.25) is 0 Å². The minimum atomic E-state index is -0.529. The summed E-state index contributed by atoms with van der Waals surface area (Å²) in [7, 11) is 1.79. The fourth-order valence-electron chi connectivity index (χ4n) is 1.99. The highest BCUT2D eigenvalue weighted by atomic mass is 35.5. The van der Waals surface area contributed by atoms with Crippen molar-refractivity contribution in [3.63, 3.8) is 0 Å². The number of rotatable bonds is 4. The van der Waals surface area contributed by atoms with Crippen molar-refractivity contribution in [3.8, 4) is 0 Å². The summed E-state index contributed by atoms with van der Waals surface area (Å²) in [5.41, 5.74) is 1.74. The number of aryl methyl sites for hydroxylation is 2. The van der Waals surface area contributed by atoms with Gasteiger partial charge in [-0.25, -0.2) is 0 Å². The van der Waals surface area contributed by atoms with Gasteiger partial charge in [-0.05, 0) is 6.92 Å². The molecule has 1 atom stereocenters. The van der Waals surface area contributed by atoms with Crippen molar-refractivity contribution < 1.29 is 14.6 Å². The number of nitrogens with zero attached hydrogens (tertiary/aromatic N) is 2. The van der Waals surface area contributed by atoms with Crippen molar-refractivity contribution in [1.29, 1.82) is 0 Å². The molecule has 0 amide bonds. The predicted molar refractivity (Wildman–Crippen MR) is 63.0 cm³/mol. The number of halogens is 1. The second-order valence-electron chi connectivity index (χ2n) is 4.24. The van der Waals surface area contributed by atoms with Crippen LogP contribution >= 0.6 is 11.6 Å². The third kappa shape index (κ3) is 2.98. The molecular weight excluding hydrogens is 244 g/mol. The highest BCUT2D eigenvalue weighted by Gasteiger charge is 2.22. The molecule has 1 unspecified atom stereocenters. The summed E-state index contributed by atoms with van der Waals surface area (Å²) in [6.07, 6.45) is 0.117. The lowest BCUT2D eigenvalue weighted by molar-refractivity contribution is -0.0698. The van der Waals surface area contributed by atoms with Crippen LogP contribution in [0.3, 0.4) is 0 Å². The average Bonchev–Trinajstić information content (AvgIpc) is 2.83. The molecule has 1 aromatic heterocycles. The zero-order valence-electron chi connectivity index (χ0n) is 10.0. The lowest BCUT2D eigenvalue weighted by Gasteiger charge is -2.14. The number of aliphatic hydroxyl groups excluding tert-OH is 1. The summed E-state index contributed by atoms with van der Waals surface area (Å²) < 4.78 is 12.2. The van der Waals surface area contributed by atoms with Crippen LogP contribution in [-0.2, 0) is 22.9 Å². The first-order valence-corrected chi connectivity index (χ1v) is 6.05. The Morgan fingerprint density at radius 1 is 1.53 bits per heavy atom. The van der Waals surface area contributed by atoms with E-state index in [0.29, 0.717) is 31.2 Å². The van der Waals surface area contributed by atoms with Gasteiger partial charge in [-0.3, -0.25) is 4.68 Å². The summed E-state index contributed by atoms with van der Waals surface area (Å²) in [6, 6.07) is 0. The maximum atomic E-state index is 9.97. The van der Waals surface area contributed by atoms with E-state index in [1.54, 1.807) is 11.7 Å². The van der Waals surface area contributed by atoms with E-state index in [9.17, 15) is 5.11 Å². The maximum absolute atomic E-state index is 9.97. The monoisotopic (exact) mass is 260 g/mol. The lowest BCUT2D eigenvalue weighted by Crippen LogP contribution is -2.20. The van der Waals surface area contributed by atoms with Crippen LogP contribution in [0, 0.1) is 6.92 Å². The van der Waals surface area contributed by atoms with Crippen molar-refractivity contribution in [2.45, 2.75) is 32.2 Å². The van der Waals surface area contributed by atoms with Gasteiger partial charge in [-0.1, -0.05) is 11.6 Å². The molecule has 1 aliphatic heterocycles. The lowest BCUT2D eigenvalue weighted by atomic mass is 10.1. The second kappa shape index (κ2) is 5.35. The topological polar surface area (TPSA) is 56.5 Å². The Balaban J connectivity index is 1.95. The minimum absolute atomic E-state index is 0.291. The molecule has 1 N–H and O–H groups in total. The molecule has 0 spiro atoms. The molecule has 6 heteroatoms. The van der Waals surface area contributed by atoms with Crippen LogP contribution in [0.15, 0.2) is 0 Å².